The molecule has 2 aromatic carbocycles. The van der Waals surface area contributed by atoms with E-state index >= 15 is 0 Å². The van der Waals surface area contributed by atoms with Crippen molar-refractivity contribution in [1.29, 1.82) is 0 Å². The first-order valence-electron chi connectivity index (χ1n) is 8.37. The first-order valence-corrected chi connectivity index (χ1v) is 9.25. The highest BCUT2D eigenvalue weighted by Crippen LogP contribution is 2.42. The molecule has 3 N–H and O–H groups in total. The van der Waals surface area contributed by atoms with Crippen molar-refractivity contribution in [2.75, 3.05) is 5.73 Å². The third-order valence-electron chi connectivity index (χ3n) is 4.40. The van der Waals surface area contributed by atoms with Crippen molar-refractivity contribution in [3.05, 3.63) is 70.7 Å². The van der Waals surface area contributed by atoms with Crippen LogP contribution >= 0.6 is 11.3 Å². The summed E-state index contributed by atoms with van der Waals surface area (Å²) in [6, 6.07) is 13.8. The first kappa shape index (κ1) is 15.8. The number of aromatic nitrogens is 1. The van der Waals surface area contributed by atoms with Crippen molar-refractivity contribution in [3.8, 4) is 10.6 Å². The molecule has 1 fully saturated rings. The summed E-state index contributed by atoms with van der Waals surface area (Å²) in [5.74, 6) is 0.448. The van der Waals surface area contributed by atoms with Crippen LogP contribution in [0.25, 0.3) is 10.6 Å². The molecule has 1 aliphatic rings. The molecule has 1 aromatic heterocycles. The summed E-state index contributed by atoms with van der Waals surface area (Å²) in [6.45, 7) is 0.483. The van der Waals surface area contributed by atoms with Crippen LogP contribution in [0, 0.1) is 0 Å². The highest BCUT2D eigenvalue weighted by molar-refractivity contribution is 7.13. The second-order valence-electron chi connectivity index (χ2n) is 6.34. The van der Waals surface area contributed by atoms with Crippen LogP contribution in [-0.4, -0.2) is 10.9 Å². The van der Waals surface area contributed by atoms with Gasteiger partial charge in [-0.1, -0.05) is 24.3 Å². The van der Waals surface area contributed by atoms with Crippen LogP contribution in [0.5, 0.6) is 0 Å². The number of hydrogen-bond donors (Lipinski definition) is 2. The third-order valence-corrected chi connectivity index (χ3v) is 5.22. The molecule has 126 valence electrons. The molecule has 1 amide bonds. The van der Waals surface area contributed by atoms with E-state index in [1.54, 1.807) is 23.6 Å². The third kappa shape index (κ3) is 3.56. The van der Waals surface area contributed by atoms with Gasteiger partial charge < -0.3 is 11.1 Å². The van der Waals surface area contributed by atoms with Gasteiger partial charge in [-0.25, -0.2) is 4.98 Å². The molecular weight excluding hydrogens is 330 g/mol. The molecule has 0 radical (unpaired) electrons. The summed E-state index contributed by atoms with van der Waals surface area (Å²) in [7, 11) is 0. The van der Waals surface area contributed by atoms with Crippen molar-refractivity contribution < 1.29 is 4.79 Å². The number of anilines is 1. The molecule has 0 aliphatic heterocycles. The van der Waals surface area contributed by atoms with Gasteiger partial charge >= 0.3 is 0 Å². The zero-order valence-corrected chi connectivity index (χ0v) is 14.6. The van der Waals surface area contributed by atoms with Gasteiger partial charge in [0.1, 0.15) is 5.01 Å². The zero-order chi connectivity index (χ0) is 17.2. The zero-order valence-electron chi connectivity index (χ0n) is 13.7. The van der Waals surface area contributed by atoms with Crippen molar-refractivity contribution in [2.24, 2.45) is 0 Å². The molecule has 4 rings (SSSR count). The summed E-state index contributed by atoms with van der Waals surface area (Å²) < 4.78 is 0. The summed E-state index contributed by atoms with van der Waals surface area (Å²) in [6.07, 6.45) is 4.10. The molecule has 0 spiro atoms. The molecule has 0 atom stereocenters. The van der Waals surface area contributed by atoms with E-state index in [2.05, 4.69) is 16.4 Å². The first-order chi connectivity index (χ1) is 12.2. The lowest BCUT2D eigenvalue weighted by atomic mass is 10.0. The standard InChI is InChI=1S/C20H19N3OS/c21-16-6-7-17(14-4-5-14)18(11-16)19(24)23-12-13-2-1-3-15(10-13)20-22-8-9-25-20/h1-3,6-11,14H,4-5,12,21H2,(H,23,24). The molecule has 1 saturated carbocycles. The second kappa shape index (κ2) is 6.69. The Morgan fingerprint density at radius 2 is 2.12 bits per heavy atom. The van der Waals surface area contributed by atoms with Gasteiger partial charge in [0.2, 0.25) is 0 Å². The number of carbonyl (C=O) groups excluding carboxylic acids is 1. The summed E-state index contributed by atoms with van der Waals surface area (Å²) >= 11 is 1.61. The number of nitrogens with one attached hydrogen (secondary N) is 1. The fraction of sp³-hybridized carbons (Fsp3) is 0.200. The van der Waals surface area contributed by atoms with E-state index in [9.17, 15) is 4.79 Å². The number of benzene rings is 2. The Morgan fingerprint density at radius 3 is 2.88 bits per heavy atom. The van der Waals surface area contributed by atoms with E-state index in [4.69, 9.17) is 5.73 Å². The van der Waals surface area contributed by atoms with Gasteiger partial charge in [0.25, 0.3) is 5.91 Å². The van der Waals surface area contributed by atoms with E-state index in [1.165, 1.54) is 0 Å². The highest BCUT2D eigenvalue weighted by Gasteiger charge is 2.28. The number of hydrogen-bond acceptors (Lipinski definition) is 4. The number of amides is 1. The van der Waals surface area contributed by atoms with E-state index in [0.29, 0.717) is 23.7 Å². The molecule has 0 unspecified atom stereocenters. The van der Waals surface area contributed by atoms with Gasteiger partial charge in [-0.2, -0.15) is 0 Å². The monoisotopic (exact) mass is 349 g/mol. The lowest BCUT2D eigenvalue weighted by molar-refractivity contribution is 0.0950. The van der Waals surface area contributed by atoms with Crippen LogP contribution in [0.3, 0.4) is 0 Å². The smallest absolute Gasteiger partial charge is 0.251 e. The lowest BCUT2D eigenvalue weighted by Crippen LogP contribution is -2.24. The topological polar surface area (TPSA) is 68.0 Å². The van der Waals surface area contributed by atoms with Gasteiger partial charge in [-0.3, -0.25) is 4.79 Å². The van der Waals surface area contributed by atoms with Crippen LogP contribution in [0.15, 0.2) is 54.0 Å². The molecule has 1 aliphatic carbocycles. The Hall–Kier alpha value is -2.66. The second-order valence-corrected chi connectivity index (χ2v) is 7.24. The van der Waals surface area contributed by atoms with Crippen molar-refractivity contribution in [1.82, 2.24) is 10.3 Å². The van der Waals surface area contributed by atoms with Crippen LogP contribution in [0.2, 0.25) is 0 Å². The maximum atomic E-state index is 12.7. The largest absolute Gasteiger partial charge is 0.399 e. The molecule has 1 heterocycles. The average Bonchev–Trinajstić information content (AvgIpc) is 3.33. The van der Waals surface area contributed by atoms with Gasteiger partial charge in [0.15, 0.2) is 0 Å². The predicted octanol–water partition coefficient (Wildman–Crippen LogP) is 4.20. The molecular formula is C20H19N3OS. The molecule has 0 bridgehead atoms. The Balaban J connectivity index is 1.49. The number of nitrogen functional groups attached to an aromatic ring is 1. The highest BCUT2D eigenvalue weighted by atomic mass is 32.1. The number of carbonyl (C=O) groups is 1. The van der Waals surface area contributed by atoms with Crippen molar-refractivity contribution in [3.63, 3.8) is 0 Å². The predicted molar refractivity (Wildman–Crippen MR) is 102 cm³/mol. The Labute approximate surface area is 150 Å². The molecule has 25 heavy (non-hydrogen) atoms. The van der Waals surface area contributed by atoms with Crippen molar-refractivity contribution in [2.45, 2.75) is 25.3 Å². The molecule has 3 aromatic rings. The molecule has 0 saturated heterocycles. The van der Waals surface area contributed by atoms with E-state index in [0.717, 1.165) is 34.5 Å². The average molecular weight is 349 g/mol. The minimum atomic E-state index is -0.0612. The molecule has 4 nitrogen and oxygen atoms in total. The van der Waals surface area contributed by atoms with Crippen LogP contribution in [0.4, 0.5) is 5.69 Å². The fourth-order valence-electron chi connectivity index (χ4n) is 2.98. The van der Waals surface area contributed by atoms with E-state index in [-0.39, 0.29) is 5.91 Å². The number of thiazole rings is 1. The van der Waals surface area contributed by atoms with Gasteiger partial charge in [-0.15, -0.1) is 11.3 Å². The lowest BCUT2D eigenvalue weighted by Gasteiger charge is -2.11. The summed E-state index contributed by atoms with van der Waals surface area (Å²) in [5.41, 5.74) is 10.5. The maximum absolute atomic E-state index is 12.7. The number of nitrogens with zero attached hydrogens (tertiary/aromatic N) is 1. The molecule has 5 heteroatoms. The van der Waals surface area contributed by atoms with Crippen LogP contribution < -0.4 is 11.1 Å². The summed E-state index contributed by atoms with van der Waals surface area (Å²) in [5, 5.41) is 5.97. The van der Waals surface area contributed by atoms with Crippen LogP contribution in [-0.2, 0) is 6.54 Å². The SMILES string of the molecule is Nc1ccc(C2CC2)c(C(=O)NCc2cccc(-c3nccs3)c2)c1. The normalized spacial score (nSPS) is 13.6. The van der Waals surface area contributed by atoms with Crippen molar-refractivity contribution >= 4 is 22.9 Å². The summed E-state index contributed by atoms with van der Waals surface area (Å²) in [4.78, 5) is 17.0. The Kier molecular flexibility index (Phi) is 4.24. The minimum Gasteiger partial charge on any atom is -0.399 e. The van der Waals surface area contributed by atoms with Gasteiger partial charge in [0, 0.05) is 34.9 Å². The quantitative estimate of drug-likeness (QED) is 0.678. The van der Waals surface area contributed by atoms with E-state index < -0.39 is 0 Å². The Bertz CT molecular complexity index is 901. The van der Waals surface area contributed by atoms with Crippen LogP contribution in [0.1, 0.15) is 40.2 Å². The maximum Gasteiger partial charge on any atom is 0.251 e. The van der Waals surface area contributed by atoms with Gasteiger partial charge in [-0.05, 0) is 48.1 Å². The number of rotatable bonds is 5. The Morgan fingerprint density at radius 1 is 1.24 bits per heavy atom. The fourth-order valence-corrected chi connectivity index (χ4v) is 3.61. The van der Waals surface area contributed by atoms with E-state index in [1.807, 2.05) is 35.7 Å². The van der Waals surface area contributed by atoms with Gasteiger partial charge in [0.05, 0.1) is 0 Å². The number of nitrogens with two attached hydrogens (primary N) is 1. The minimum absolute atomic E-state index is 0.0612.